The van der Waals surface area contributed by atoms with Crippen molar-refractivity contribution in [3.63, 3.8) is 0 Å². The maximum Gasteiger partial charge on any atom is 0.233 e. The van der Waals surface area contributed by atoms with Gasteiger partial charge < -0.3 is 20.1 Å². The Morgan fingerprint density at radius 2 is 2.00 bits per heavy atom. The van der Waals surface area contributed by atoms with Gasteiger partial charge in [0, 0.05) is 27.8 Å². The molecule has 72 valence electrons. The van der Waals surface area contributed by atoms with Crippen LogP contribution in [0.3, 0.4) is 0 Å². The lowest BCUT2D eigenvalue weighted by Crippen LogP contribution is -2.37. The van der Waals surface area contributed by atoms with E-state index < -0.39 is 0 Å². The summed E-state index contributed by atoms with van der Waals surface area (Å²) in [7, 11) is 4.69. The van der Waals surface area contributed by atoms with Crippen molar-refractivity contribution in [2.24, 2.45) is 0 Å². The van der Waals surface area contributed by atoms with Crippen molar-refractivity contribution in [1.82, 2.24) is 10.6 Å². The minimum absolute atomic E-state index is 0.0547. The average molecular weight is 176 g/mol. The molecule has 0 fully saturated rings. The number of amides is 1. The average Bonchev–Trinajstić information content (AvgIpc) is 2.12. The molecule has 0 aromatic heterocycles. The molecule has 0 aliphatic heterocycles. The Bertz CT molecular complexity index is 126. The van der Waals surface area contributed by atoms with Crippen LogP contribution in [-0.4, -0.2) is 46.6 Å². The van der Waals surface area contributed by atoms with E-state index in [-0.39, 0.29) is 18.7 Å². The molecule has 0 unspecified atom stereocenters. The van der Waals surface area contributed by atoms with Gasteiger partial charge in [-0.25, -0.2) is 0 Å². The minimum atomic E-state index is -0.297. The summed E-state index contributed by atoms with van der Waals surface area (Å²) in [6.45, 7) is 0.778. The van der Waals surface area contributed by atoms with Crippen LogP contribution in [-0.2, 0) is 14.3 Å². The second kappa shape index (κ2) is 7.02. The van der Waals surface area contributed by atoms with Crippen molar-refractivity contribution in [2.45, 2.75) is 6.29 Å². The molecular weight excluding hydrogens is 160 g/mol. The smallest absolute Gasteiger partial charge is 0.233 e. The van der Waals surface area contributed by atoms with Crippen molar-refractivity contribution in [3.8, 4) is 0 Å². The molecule has 0 atom stereocenters. The number of methoxy groups -OCH3 is 2. The number of ether oxygens (including phenoxy) is 2. The van der Waals surface area contributed by atoms with Crippen LogP contribution < -0.4 is 10.6 Å². The van der Waals surface area contributed by atoms with Gasteiger partial charge in [-0.3, -0.25) is 4.79 Å². The quantitative estimate of drug-likeness (QED) is 0.506. The van der Waals surface area contributed by atoms with Crippen LogP contribution in [0.15, 0.2) is 0 Å². The summed E-state index contributed by atoms with van der Waals surface area (Å²) in [5, 5.41) is 5.37. The Morgan fingerprint density at radius 3 is 2.42 bits per heavy atom. The van der Waals surface area contributed by atoms with Crippen LogP contribution in [0.2, 0.25) is 0 Å². The van der Waals surface area contributed by atoms with Crippen molar-refractivity contribution < 1.29 is 14.3 Å². The predicted octanol–water partition coefficient (Wildman–Crippen LogP) is -1.06. The van der Waals surface area contributed by atoms with Gasteiger partial charge in [0.25, 0.3) is 0 Å². The number of carbonyl (C=O) groups excluding carboxylic acids is 1. The third kappa shape index (κ3) is 5.06. The third-order valence-electron chi connectivity index (χ3n) is 1.40. The van der Waals surface area contributed by atoms with E-state index >= 15 is 0 Å². The minimum Gasteiger partial charge on any atom is -0.358 e. The Hall–Kier alpha value is -0.650. The van der Waals surface area contributed by atoms with Crippen molar-refractivity contribution in [2.75, 3.05) is 34.4 Å². The van der Waals surface area contributed by atoms with E-state index in [9.17, 15) is 4.79 Å². The van der Waals surface area contributed by atoms with Crippen LogP contribution in [0.4, 0.5) is 0 Å². The zero-order valence-electron chi connectivity index (χ0n) is 7.72. The Morgan fingerprint density at radius 1 is 1.42 bits per heavy atom. The topological polar surface area (TPSA) is 59.6 Å². The fraction of sp³-hybridized carbons (Fsp3) is 0.857. The van der Waals surface area contributed by atoms with Gasteiger partial charge in [-0.05, 0) is 0 Å². The summed E-state index contributed by atoms with van der Waals surface area (Å²) in [6, 6.07) is 0. The second-order valence-electron chi connectivity index (χ2n) is 2.21. The molecule has 0 aromatic rings. The zero-order chi connectivity index (χ0) is 9.40. The highest BCUT2D eigenvalue weighted by Gasteiger charge is 2.04. The van der Waals surface area contributed by atoms with Gasteiger partial charge in [0.2, 0.25) is 5.91 Å². The highest BCUT2D eigenvalue weighted by Crippen LogP contribution is 1.86. The molecule has 0 aromatic carbocycles. The number of rotatable bonds is 6. The summed E-state index contributed by atoms with van der Waals surface area (Å²) in [6.07, 6.45) is -0.297. The number of nitrogens with one attached hydrogen (secondary N) is 2. The van der Waals surface area contributed by atoms with Gasteiger partial charge in [0.15, 0.2) is 6.29 Å². The monoisotopic (exact) mass is 176 g/mol. The highest BCUT2D eigenvalue weighted by molar-refractivity contribution is 5.77. The first-order valence-corrected chi connectivity index (χ1v) is 3.71. The van der Waals surface area contributed by atoms with Crippen LogP contribution in [0.25, 0.3) is 0 Å². The Kier molecular flexibility index (Phi) is 6.64. The van der Waals surface area contributed by atoms with Crippen molar-refractivity contribution in [3.05, 3.63) is 0 Å². The summed E-state index contributed by atoms with van der Waals surface area (Å²) < 4.78 is 9.80. The number of hydrogen-bond acceptors (Lipinski definition) is 4. The first-order valence-electron chi connectivity index (χ1n) is 3.71. The van der Waals surface area contributed by atoms with Crippen molar-refractivity contribution >= 4 is 5.91 Å². The van der Waals surface area contributed by atoms with Crippen LogP contribution in [0.1, 0.15) is 0 Å². The molecule has 0 rings (SSSR count). The fourth-order valence-corrected chi connectivity index (χ4v) is 0.655. The Balaban J connectivity index is 3.34. The van der Waals surface area contributed by atoms with Gasteiger partial charge >= 0.3 is 0 Å². The first kappa shape index (κ1) is 11.4. The molecule has 2 N–H and O–H groups in total. The maximum atomic E-state index is 10.7. The van der Waals surface area contributed by atoms with Crippen LogP contribution in [0.5, 0.6) is 0 Å². The van der Waals surface area contributed by atoms with E-state index in [0.717, 1.165) is 0 Å². The summed E-state index contributed by atoms with van der Waals surface area (Å²) in [4.78, 5) is 10.7. The van der Waals surface area contributed by atoms with Gasteiger partial charge in [-0.2, -0.15) is 0 Å². The fourth-order valence-electron chi connectivity index (χ4n) is 0.655. The van der Waals surface area contributed by atoms with Crippen LogP contribution >= 0.6 is 0 Å². The van der Waals surface area contributed by atoms with E-state index in [0.29, 0.717) is 6.54 Å². The second-order valence-corrected chi connectivity index (χ2v) is 2.21. The molecular formula is C7H16N2O3. The molecule has 0 aliphatic carbocycles. The third-order valence-corrected chi connectivity index (χ3v) is 1.40. The van der Waals surface area contributed by atoms with E-state index in [1.165, 1.54) is 0 Å². The largest absolute Gasteiger partial charge is 0.358 e. The van der Waals surface area contributed by atoms with Crippen LogP contribution in [0, 0.1) is 0 Å². The normalized spacial score (nSPS) is 10.3. The van der Waals surface area contributed by atoms with Gasteiger partial charge in [-0.15, -0.1) is 0 Å². The maximum absolute atomic E-state index is 10.7. The van der Waals surface area contributed by atoms with E-state index in [2.05, 4.69) is 10.6 Å². The first-order chi connectivity index (χ1) is 5.74. The highest BCUT2D eigenvalue weighted by atomic mass is 16.7. The van der Waals surface area contributed by atoms with Gasteiger partial charge in [0.05, 0.1) is 6.54 Å². The Labute approximate surface area is 72.4 Å². The summed E-state index contributed by atoms with van der Waals surface area (Å²) >= 11 is 0. The predicted molar refractivity (Wildman–Crippen MR) is 44.7 cm³/mol. The molecule has 0 bridgehead atoms. The molecule has 5 nitrogen and oxygen atoms in total. The van der Waals surface area contributed by atoms with E-state index in [4.69, 9.17) is 9.47 Å². The molecule has 5 heteroatoms. The van der Waals surface area contributed by atoms with Gasteiger partial charge in [0.1, 0.15) is 0 Å². The van der Waals surface area contributed by atoms with Crippen molar-refractivity contribution in [1.29, 1.82) is 0 Å². The zero-order valence-corrected chi connectivity index (χ0v) is 7.72. The number of carbonyl (C=O) groups is 1. The molecule has 0 saturated heterocycles. The van der Waals surface area contributed by atoms with E-state index in [1.807, 2.05) is 0 Å². The number of likely N-dealkylation sites (N-methyl/N-ethyl adjacent to an activating group) is 1. The van der Waals surface area contributed by atoms with Gasteiger partial charge in [-0.1, -0.05) is 0 Å². The molecule has 0 heterocycles. The number of hydrogen-bond donors (Lipinski definition) is 2. The lowest BCUT2D eigenvalue weighted by molar-refractivity contribution is -0.121. The molecule has 1 amide bonds. The summed E-state index contributed by atoms with van der Waals surface area (Å²) in [5.74, 6) is -0.0547. The molecule has 0 spiro atoms. The van der Waals surface area contributed by atoms with E-state index in [1.54, 1.807) is 21.3 Å². The molecule has 0 aliphatic rings. The molecule has 0 saturated carbocycles. The lowest BCUT2D eigenvalue weighted by atomic mass is 10.5. The lowest BCUT2D eigenvalue weighted by Gasteiger charge is -2.13. The molecule has 0 radical (unpaired) electrons. The summed E-state index contributed by atoms with van der Waals surface area (Å²) in [5.41, 5.74) is 0. The SMILES string of the molecule is CNC(=O)CNCC(OC)OC. The standard InChI is InChI=1S/C7H16N2O3/c1-8-6(10)4-9-5-7(11-2)12-3/h7,9H,4-5H2,1-3H3,(H,8,10). The molecule has 12 heavy (non-hydrogen) atoms.